The zero-order chi connectivity index (χ0) is 17.9. The fourth-order valence-corrected chi connectivity index (χ4v) is 2.44. The molecule has 0 radical (unpaired) electrons. The summed E-state index contributed by atoms with van der Waals surface area (Å²) in [5, 5.41) is 8.34. The van der Waals surface area contributed by atoms with Gasteiger partial charge in [-0.1, -0.05) is 51.6 Å². The van der Waals surface area contributed by atoms with Crippen LogP contribution in [0, 0.1) is 0 Å². The minimum Gasteiger partial charge on any atom is -0.490 e. The van der Waals surface area contributed by atoms with Gasteiger partial charge in [0.05, 0.1) is 0 Å². The Morgan fingerprint density at radius 3 is 2.32 bits per heavy atom. The van der Waals surface area contributed by atoms with Gasteiger partial charge in [0.1, 0.15) is 12.4 Å². The second kappa shape index (κ2) is 6.93. The Morgan fingerprint density at radius 1 is 1.00 bits per heavy atom. The third-order valence-corrected chi connectivity index (χ3v) is 3.87. The predicted octanol–water partition coefficient (Wildman–Crippen LogP) is 5.27. The first-order valence-corrected chi connectivity index (χ1v) is 8.26. The summed E-state index contributed by atoms with van der Waals surface area (Å²) in [5.41, 5.74) is 3.12. The number of rotatable bonds is 5. The largest absolute Gasteiger partial charge is 0.490 e. The molecule has 0 saturated heterocycles. The Morgan fingerprint density at radius 2 is 1.68 bits per heavy atom. The van der Waals surface area contributed by atoms with Crippen LogP contribution in [0.2, 0.25) is 0 Å². The molecule has 0 saturated carbocycles. The molecule has 0 aliphatic heterocycles. The van der Waals surface area contributed by atoms with Gasteiger partial charge in [0.25, 0.3) is 0 Å². The van der Waals surface area contributed by atoms with E-state index in [0.29, 0.717) is 18.4 Å². The van der Waals surface area contributed by atoms with Crippen molar-refractivity contribution in [3.8, 4) is 28.7 Å². The Balaban J connectivity index is 1.84. The molecular formula is C21H22N2O2. The van der Waals surface area contributed by atoms with Crippen molar-refractivity contribution in [2.45, 2.75) is 26.2 Å². The van der Waals surface area contributed by atoms with Crippen LogP contribution < -0.4 is 4.74 Å². The van der Waals surface area contributed by atoms with Crippen LogP contribution in [0.5, 0.6) is 5.75 Å². The molecule has 0 aliphatic carbocycles. The van der Waals surface area contributed by atoms with Crippen molar-refractivity contribution < 1.29 is 9.15 Å². The number of hydrogen-bond acceptors (Lipinski definition) is 4. The molecule has 2 aromatic carbocycles. The summed E-state index contributed by atoms with van der Waals surface area (Å²) < 4.78 is 11.4. The van der Waals surface area contributed by atoms with Crippen molar-refractivity contribution in [2.24, 2.45) is 0 Å². The standard InChI is InChI=1S/C21H22N2O2/c1-5-13-24-18-8-6-7-16(14-18)20-23-22-19(25-20)15-9-11-17(12-10-15)21(2,3)4/h5-12,14H,1,13H2,2-4H3. The van der Waals surface area contributed by atoms with Crippen molar-refractivity contribution >= 4 is 0 Å². The average molecular weight is 334 g/mol. The molecule has 4 heteroatoms. The van der Waals surface area contributed by atoms with Gasteiger partial charge in [-0.3, -0.25) is 0 Å². The zero-order valence-corrected chi connectivity index (χ0v) is 14.8. The highest BCUT2D eigenvalue weighted by atomic mass is 16.5. The van der Waals surface area contributed by atoms with Gasteiger partial charge >= 0.3 is 0 Å². The molecule has 4 nitrogen and oxygen atoms in total. The first-order chi connectivity index (χ1) is 12.0. The average Bonchev–Trinajstić information content (AvgIpc) is 3.10. The highest BCUT2D eigenvalue weighted by Gasteiger charge is 2.15. The number of aromatic nitrogens is 2. The summed E-state index contributed by atoms with van der Waals surface area (Å²) >= 11 is 0. The van der Waals surface area contributed by atoms with Gasteiger partial charge in [-0.2, -0.15) is 0 Å². The molecule has 0 unspecified atom stereocenters. The number of hydrogen-bond donors (Lipinski definition) is 0. The van der Waals surface area contributed by atoms with Gasteiger partial charge in [-0.05, 0) is 41.3 Å². The number of nitrogens with zero attached hydrogens (tertiary/aromatic N) is 2. The minimum absolute atomic E-state index is 0.115. The number of benzene rings is 2. The van der Waals surface area contributed by atoms with E-state index >= 15 is 0 Å². The first-order valence-electron chi connectivity index (χ1n) is 8.26. The van der Waals surface area contributed by atoms with Crippen LogP contribution >= 0.6 is 0 Å². The normalized spacial score (nSPS) is 11.3. The quantitative estimate of drug-likeness (QED) is 0.597. The molecular weight excluding hydrogens is 312 g/mol. The summed E-state index contributed by atoms with van der Waals surface area (Å²) in [4.78, 5) is 0. The summed E-state index contributed by atoms with van der Waals surface area (Å²) in [5.74, 6) is 1.72. The summed E-state index contributed by atoms with van der Waals surface area (Å²) in [6.07, 6.45) is 1.71. The predicted molar refractivity (Wildman–Crippen MR) is 99.6 cm³/mol. The lowest BCUT2D eigenvalue weighted by molar-refractivity contribution is 0.363. The van der Waals surface area contributed by atoms with E-state index in [0.717, 1.165) is 16.9 Å². The van der Waals surface area contributed by atoms with Crippen LogP contribution in [-0.2, 0) is 5.41 Å². The fraction of sp³-hybridized carbons (Fsp3) is 0.238. The molecule has 0 fully saturated rings. The van der Waals surface area contributed by atoms with E-state index in [1.807, 2.05) is 36.4 Å². The fourth-order valence-electron chi connectivity index (χ4n) is 2.44. The molecule has 0 atom stereocenters. The highest BCUT2D eigenvalue weighted by Crippen LogP contribution is 2.28. The third kappa shape index (κ3) is 3.97. The summed E-state index contributed by atoms with van der Waals surface area (Å²) in [7, 11) is 0. The molecule has 1 heterocycles. The molecule has 128 valence electrons. The van der Waals surface area contributed by atoms with E-state index in [4.69, 9.17) is 9.15 Å². The molecule has 1 aromatic heterocycles. The second-order valence-corrected chi connectivity index (χ2v) is 6.87. The Kier molecular flexibility index (Phi) is 4.70. The molecule has 3 aromatic rings. The summed E-state index contributed by atoms with van der Waals surface area (Å²) in [6, 6.07) is 15.8. The summed E-state index contributed by atoms with van der Waals surface area (Å²) in [6.45, 7) is 10.7. The van der Waals surface area contributed by atoms with Crippen LogP contribution in [0.15, 0.2) is 65.6 Å². The van der Waals surface area contributed by atoms with Gasteiger partial charge in [0.15, 0.2) is 0 Å². The van der Waals surface area contributed by atoms with Gasteiger partial charge in [0.2, 0.25) is 11.8 Å². The van der Waals surface area contributed by atoms with Crippen molar-refractivity contribution in [1.29, 1.82) is 0 Å². The zero-order valence-electron chi connectivity index (χ0n) is 14.8. The molecule has 0 aliphatic rings. The van der Waals surface area contributed by atoms with Crippen LogP contribution in [0.3, 0.4) is 0 Å². The lowest BCUT2D eigenvalue weighted by atomic mass is 9.87. The van der Waals surface area contributed by atoms with E-state index < -0.39 is 0 Å². The number of ether oxygens (including phenoxy) is 1. The molecule has 3 rings (SSSR count). The molecule has 0 spiro atoms. The van der Waals surface area contributed by atoms with Crippen LogP contribution in [0.25, 0.3) is 22.9 Å². The molecule has 0 N–H and O–H groups in total. The maximum atomic E-state index is 5.84. The van der Waals surface area contributed by atoms with Gasteiger partial charge < -0.3 is 9.15 Å². The lowest BCUT2D eigenvalue weighted by Gasteiger charge is -2.18. The second-order valence-electron chi connectivity index (χ2n) is 6.87. The Labute approximate surface area is 148 Å². The van der Waals surface area contributed by atoms with Crippen LogP contribution in [0.4, 0.5) is 0 Å². The topological polar surface area (TPSA) is 48.2 Å². The molecule has 0 amide bonds. The Hall–Kier alpha value is -2.88. The van der Waals surface area contributed by atoms with Gasteiger partial charge in [-0.15, -0.1) is 10.2 Å². The van der Waals surface area contributed by atoms with Crippen molar-refractivity contribution in [3.63, 3.8) is 0 Å². The monoisotopic (exact) mass is 334 g/mol. The van der Waals surface area contributed by atoms with Gasteiger partial charge in [-0.25, -0.2) is 0 Å². The molecule has 25 heavy (non-hydrogen) atoms. The van der Waals surface area contributed by atoms with Crippen molar-refractivity contribution in [1.82, 2.24) is 10.2 Å². The maximum absolute atomic E-state index is 5.84. The van der Waals surface area contributed by atoms with E-state index in [1.54, 1.807) is 6.08 Å². The first kappa shape index (κ1) is 17.0. The third-order valence-electron chi connectivity index (χ3n) is 3.87. The van der Waals surface area contributed by atoms with Crippen molar-refractivity contribution in [3.05, 3.63) is 66.7 Å². The van der Waals surface area contributed by atoms with E-state index in [2.05, 4.69) is 49.7 Å². The van der Waals surface area contributed by atoms with E-state index in [1.165, 1.54) is 5.56 Å². The lowest BCUT2D eigenvalue weighted by Crippen LogP contribution is -2.10. The van der Waals surface area contributed by atoms with Crippen LogP contribution in [0.1, 0.15) is 26.3 Å². The SMILES string of the molecule is C=CCOc1cccc(-c2nnc(-c3ccc(C(C)(C)C)cc3)o2)c1. The smallest absolute Gasteiger partial charge is 0.248 e. The van der Waals surface area contributed by atoms with Gasteiger partial charge in [0, 0.05) is 11.1 Å². The minimum atomic E-state index is 0.115. The van der Waals surface area contributed by atoms with Crippen molar-refractivity contribution in [2.75, 3.05) is 6.61 Å². The Bertz CT molecular complexity index is 858. The van der Waals surface area contributed by atoms with E-state index in [9.17, 15) is 0 Å². The highest BCUT2D eigenvalue weighted by molar-refractivity contribution is 5.59. The van der Waals surface area contributed by atoms with Crippen LogP contribution in [-0.4, -0.2) is 16.8 Å². The van der Waals surface area contributed by atoms with E-state index in [-0.39, 0.29) is 5.41 Å². The molecule has 0 bridgehead atoms. The maximum Gasteiger partial charge on any atom is 0.248 e.